The minimum atomic E-state index is -1.18. The molecule has 1 heterocycles. The first-order chi connectivity index (χ1) is 15.9. The molecule has 176 valence electrons. The number of nitrogens with one attached hydrogen (secondary N) is 1. The normalized spacial score (nSPS) is 16.2. The molecule has 3 rings (SSSR count). The summed E-state index contributed by atoms with van der Waals surface area (Å²) in [4.78, 5) is 38.6. The van der Waals surface area contributed by atoms with Crippen molar-refractivity contribution in [2.45, 2.75) is 31.8 Å². The monoisotopic (exact) mass is 456 g/mol. The van der Waals surface area contributed by atoms with Gasteiger partial charge in [-0.15, -0.1) is 0 Å². The number of aryl methyl sites for hydroxylation is 1. The number of amides is 1. The van der Waals surface area contributed by atoms with E-state index in [0.717, 1.165) is 10.5 Å². The molecule has 2 aromatic carbocycles. The van der Waals surface area contributed by atoms with Gasteiger partial charge >= 0.3 is 11.9 Å². The summed E-state index contributed by atoms with van der Waals surface area (Å²) in [6, 6.07) is 12.8. The lowest BCUT2D eigenvalue weighted by Gasteiger charge is -2.26. The predicted octanol–water partition coefficient (Wildman–Crippen LogP) is 2.03. The molecule has 0 radical (unpaired) electrons. The third-order valence-corrected chi connectivity index (χ3v) is 5.26. The second-order valence-electron chi connectivity index (χ2n) is 7.51. The van der Waals surface area contributed by atoms with Crippen LogP contribution in [0.3, 0.4) is 0 Å². The van der Waals surface area contributed by atoms with Crippen LogP contribution in [-0.4, -0.2) is 61.9 Å². The van der Waals surface area contributed by atoms with Gasteiger partial charge < -0.3 is 19.3 Å². The molecule has 0 saturated heterocycles. The van der Waals surface area contributed by atoms with Crippen molar-refractivity contribution < 1.29 is 33.7 Å². The number of benzene rings is 2. The molecule has 0 aliphatic carbocycles. The van der Waals surface area contributed by atoms with E-state index in [-0.39, 0.29) is 13.2 Å². The first kappa shape index (κ1) is 24.1. The number of hydrogen-bond acceptors (Lipinski definition) is 7. The average Bonchev–Trinajstić information content (AvgIpc) is 2.93. The van der Waals surface area contributed by atoms with E-state index in [1.165, 1.54) is 7.11 Å². The largest absolute Gasteiger partial charge is 0.497 e. The predicted molar refractivity (Wildman–Crippen MR) is 121 cm³/mol. The summed E-state index contributed by atoms with van der Waals surface area (Å²) in [6.07, 6.45) is 0.988. The Bertz CT molecular complexity index is 980. The summed E-state index contributed by atoms with van der Waals surface area (Å²) in [7, 11) is 1.48. The van der Waals surface area contributed by atoms with Gasteiger partial charge in [0, 0.05) is 6.07 Å². The maximum absolute atomic E-state index is 13.4. The number of hydrogen-bond donors (Lipinski definition) is 2. The Morgan fingerprint density at radius 1 is 1.24 bits per heavy atom. The first-order valence-electron chi connectivity index (χ1n) is 10.7. The standard InChI is InChI=1S/C24H28N2O7/c1-3-32-24(30)18(11-9-16-7-5-4-6-8-16)25-19-15-33-21-12-10-17(31-2)13-20(21)26(23(19)29)14-22(27)28/h4-8,10,12-13,18-19,25H,3,9,11,14-15H2,1-2H3,(H,27,28)/t18?,19-/m0/s1. The van der Waals surface area contributed by atoms with E-state index in [9.17, 15) is 19.5 Å². The molecule has 9 nitrogen and oxygen atoms in total. The van der Waals surface area contributed by atoms with Crippen molar-refractivity contribution >= 4 is 23.5 Å². The van der Waals surface area contributed by atoms with Crippen LogP contribution in [0.25, 0.3) is 0 Å². The van der Waals surface area contributed by atoms with Crippen molar-refractivity contribution in [2.75, 3.05) is 31.8 Å². The zero-order valence-electron chi connectivity index (χ0n) is 18.7. The maximum atomic E-state index is 13.4. The number of carboxylic acids is 1. The van der Waals surface area contributed by atoms with E-state index in [0.29, 0.717) is 30.0 Å². The Kier molecular flexibility index (Phi) is 8.26. The van der Waals surface area contributed by atoms with E-state index < -0.39 is 36.5 Å². The van der Waals surface area contributed by atoms with Gasteiger partial charge in [-0.25, -0.2) is 0 Å². The van der Waals surface area contributed by atoms with Crippen molar-refractivity contribution in [2.24, 2.45) is 0 Å². The second kappa shape index (κ2) is 11.3. The van der Waals surface area contributed by atoms with Crippen molar-refractivity contribution in [3.63, 3.8) is 0 Å². The molecule has 0 saturated carbocycles. The highest BCUT2D eigenvalue weighted by molar-refractivity contribution is 6.02. The molecule has 0 bridgehead atoms. The highest BCUT2D eigenvalue weighted by atomic mass is 16.5. The maximum Gasteiger partial charge on any atom is 0.323 e. The minimum Gasteiger partial charge on any atom is -0.497 e. The molecule has 9 heteroatoms. The minimum absolute atomic E-state index is 0.0739. The number of carbonyl (C=O) groups excluding carboxylic acids is 2. The SMILES string of the molecule is CCOC(=O)C(CCc1ccccc1)N[C@H]1COc2ccc(OC)cc2N(CC(=O)O)C1=O. The zero-order valence-corrected chi connectivity index (χ0v) is 18.7. The summed E-state index contributed by atoms with van der Waals surface area (Å²) < 4.78 is 16.2. The van der Waals surface area contributed by atoms with Crippen molar-refractivity contribution in [1.29, 1.82) is 0 Å². The van der Waals surface area contributed by atoms with E-state index in [2.05, 4.69) is 5.32 Å². The topological polar surface area (TPSA) is 114 Å². The van der Waals surface area contributed by atoms with Crippen molar-refractivity contribution in [3.05, 3.63) is 54.1 Å². The van der Waals surface area contributed by atoms with E-state index in [4.69, 9.17) is 14.2 Å². The Labute approximate surface area is 192 Å². The van der Waals surface area contributed by atoms with Crippen LogP contribution in [0, 0.1) is 0 Å². The fourth-order valence-corrected chi connectivity index (χ4v) is 3.64. The van der Waals surface area contributed by atoms with Gasteiger partial charge in [0.15, 0.2) is 0 Å². The van der Waals surface area contributed by atoms with Gasteiger partial charge in [-0.2, -0.15) is 0 Å². The van der Waals surface area contributed by atoms with Crippen LogP contribution < -0.4 is 19.7 Å². The molecule has 2 N–H and O–H groups in total. The van der Waals surface area contributed by atoms with Gasteiger partial charge in [0.2, 0.25) is 5.91 Å². The zero-order chi connectivity index (χ0) is 23.8. The molecule has 0 aromatic heterocycles. The molecule has 1 unspecified atom stereocenters. The summed E-state index contributed by atoms with van der Waals surface area (Å²) in [5.41, 5.74) is 1.34. The van der Waals surface area contributed by atoms with Gasteiger partial charge in [-0.05, 0) is 37.5 Å². The number of rotatable bonds is 10. The van der Waals surface area contributed by atoms with E-state index >= 15 is 0 Å². The fourth-order valence-electron chi connectivity index (χ4n) is 3.64. The number of anilines is 1. The van der Waals surface area contributed by atoms with Gasteiger partial charge in [-0.3, -0.25) is 24.6 Å². The lowest BCUT2D eigenvalue weighted by molar-refractivity contribution is -0.146. The number of nitrogens with zero attached hydrogens (tertiary/aromatic N) is 1. The summed E-state index contributed by atoms with van der Waals surface area (Å²) in [5, 5.41) is 12.5. The van der Waals surface area contributed by atoms with Gasteiger partial charge in [-0.1, -0.05) is 30.3 Å². The molecule has 1 aliphatic heterocycles. The third kappa shape index (κ3) is 6.23. The molecule has 1 aliphatic rings. The summed E-state index contributed by atoms with van der Waals surface area (Å²) in [5.74, 6) is -1.36. The van der Waals surface area contributed by atoms with Crippen molar-refractivity contribution in [3.8, 4) is 11.5 Å². The molecular formula is C24H28N2O7. The van der Waals surface area contributed by atoms with E-state index in [1.807, 2.05) is 30.3 Å². The lowest BCUT2D eigenvalue weighted by Crippen LogP contribution is -2.55. The Morgan fingerprint density at radius 3 is 2.67 bits per heavy atom. The van der Waals surface area contributed by atoms with Crippen LogP contribution in [0.15, 0.2) is 48.5 Å². The first-order valence-corrected chi connectivity index (χ1v) is 10.7. The fraction of sp³-hybridized carbons (Fsp3) is 0.375. The highest BCUT2D eigenvalue weighted by Gasteiger charge is 2.36. The smallest absolute Gasteiger partial charge is 0.323 e. The number of methoxy groups -OCH3 is 1. The van der Waals surface area contributed by atoms with Crippen LogP contribution in [0.2, 0.25) is 0 Å². The number of esters is 1. The quantitative estimate of drug-likeness (QED) is 0.522. The second-order valence-corrected chi connectivity index (χ2v) is 7.51. The molecule has 1 amide bonds. The summed E-state index contributed by atoms with van der Waals surface area (Å²) in [6.45, 7) is 1.28. The van der Waals surface area contributed by atoms with Crippen LogP contribution >= 0.6 is 0 Å². The highest BCUT2D eigenvalue weighted by Crippen LogP contribution is 2.35. The number of carboxylic acid groups (broad SMARTS) is 1. The lowest BCUT2D eigenvalue weighted by atomic mass is 10.0. The Hall–Kier alpha value is -3.59. The molecule has 33 heavy (non-hydrogen) atoms. The summed E-state index contributed by atoms with van der Waals surface area (Å²) >= 11 is 0. The molecular weight excluding hydrogens is 428 g/mol. The van der Waals surface area contributed by atoms with Crippen LogP contribution in [0.1, 0.15) is 18.9 Å². The van der Waals surface area contributed by atoms with Gasteiger partial charge in [0.05, 0.1) is 19.4 Å². The van der Waals surface area contributed by atoms with Gasteiger partial charge in [0.1, 0.15) is 36.7 Å². The molecule has 0 spiro atoms. The molecule has 0 fully saturated rings. The molecule has 2 atom stereocenters. The van der Waals surface area contributed by atoms with Crippen molar-refractivity contribution in [1.82, 2.24) is 5.32 Å². The Balaban J connectivity index is 1.83. The number of carbonyl (C=O) groups is 3. The van der Waals surface area contributed by atoms with Gasteiger partial charge in [0.25, 0.3) is 0 Å². The Morgan fingerprint density at radius 2 is 2.00 bits per heavy atom. The van der Waals surface area contributed by atoms with Crippen LogP contribution in [-0.2, 0) is 25.5 Å². The average molecular weight is 456 g/mol. The number of aliphatic carboxylic acids is 1. The number of fused-ring (bicyclic) bond motifs is 1. The van der Waals surface area contributed by atoms with E-state index in [1.54, 1.807) is 25.1 Å². The van der Waals surface area contributed by atoms with Crippen LogP contribution in [0.5, 0.6) is 11.5 Å². The van der Waals surface area contributed by atoms with Crippen LogP contribution in [0.4, 0.5) is 5.69 Å². The number of ether oxygens (including phenoxy) is 3. The molecule has 2 aromatic rings. The third-order valence-electron chi connectivity index (χ3n) is 5.26.